The highest BCUT2D eigenvalue weighted by Crippen LogP contribution is 2.32. The van der Waals surface area contributed by atoms with Gasteiger partial charge in [0.1, 0.15) is 0 Å². The normalized spacial score (nSPS) is 22.2. The molecule has 0 aliphatic carbocycles. The first kappa shape index (κ1) is 14.2. The maximum Gasteiger partial charge on any atom is 0.249 e. The van der Waals surface area contributed by atoms with E-state index < -0.39 is 12.6 Å². The lowest BCUT2D eigenvalue weighted by Crippen LogP contribution is -2.22. The summed E-state index contributed by atoms with van der Waals surface area (Å²) in [5.74, 6) is 0. The van der Waals surface area contributed by atoms with E-state index in [2.05, 4.69) is 6.92 Å². The highest BCUT2D eigenvalue weighted by Gasteiger charge is 2.28. The van der Waals surface area contributed by atoms with Crippen LogP contribution in [0.2, 0.25) is 0 Å². The lowest BCUT2D eigenvalue weighted by molar-refractivity contribution is -0.600. The van der Waals surface area contributed by atoms with Gasteiger partial charge in [-0.1, -0.05) is 61.0 Å². The first-order valence-electron chi connectivity index (χ1n) is 7.06. The Bertz CT molecular complexity index is 569. The van der Waals surface area contributed by atoms with Crippen molar-refractivity contribution in [2.24, 2.45) is 0 Å². The number of aryl methyl sites for hydroxylation is 2. The molecule has 0 atom stereocenters. The van der Waals surface area contributed by atoms with Crippen LogP contribution in [0.1, 0.15) is 41.8 Å². The fraction of sp³-hybridized carbons (Fsp3) is 0.294. The topological polar surface area (TPSA) is 36.9 Å². The lowest BCUT2D eigenvalue weighted by atomic mass is 10.1. The number of benzene rings is 2. The van der Waals surface area contributed by atoms with Crippen LogP contribution in [0.15, 0.2) is 48.5 Å². The summed E-state index contributed by atoms with van der Waals surface area (Å²) in [6, 6.07) is 15.8. The summed E-state index contributed by atoms with van der Waals surface area (Å²) in [4.78, 5) is 21.1. The largest absolute Gasteiger partial charge is 0.249 e. The van der Waals surface area contributed by atoms with Crippen LogP contribution in [0.3, 0.4) is 0 Å². The summed E-state index contributed by atoms with van der Waals surface area (Å²) in [7, 11) is 0. The highest BCUT2D eigenvalue weighted by atomic mass is 17.4. The summed E-state index contributed by atoms with van der Waals surface area (Å²) in [6.45, 7) is 4.14. The van der Waals surface area contributed by atoms with Crippen LogP contribution in [-0.2, 0) is 26.0 Å². The van der Waals surface area contributed by atoms with Crippen LogP contribution in [-0.4, -0.2) is 0 Å². The van der Waals surface area contributed by atoms with Crippen molar-refractivity contribution in [2.75, 3.05) is 0 Å². The first-order chi connectivity index (χ1) is 10.3. The summed E-state index contributed by atoms with van der Waals surface area (Å²) in [6.07, 6.45) is -0.343. The van der Waals surface area contributed by atoms with Crippen LogP contribution < -0.4 is 0 Å². The molecule has 4 nitrogen and oxygen atoms in total. The van der Waals surface area contributed by atoms with Crippen molar-refractivity contribution in [1.82, 2.24) is 0 Å². The van der Waals surface area contributed by atoms with Gasteiger partial charge < -0.3 is 0 Å². The summed E-state index contributed by atoms with van der Waals surface area (Å²) < 4.78 is 0. The van der Waals surface area contributed by atoms with Crippen LogP contribution in [0.5, 0.6) is 0 Å². The third-order valence-electron chi connectivity index (χ3n) is 3.47. The molecule has 2 aromatic carbocycles. The molecule has 1 aliphatic rings. The average molecular weight is 286 g/mol. The quantitative estimate of drug-likeness (QED) is 0.794. The highest BCUT2D eigenvalue weighted by molar-refractivity contribution is 5.24. The fourth-order valence-electron chi connectivity index (χ4n) is 2.09. The van der Waals surface area contributed by atoms with Gasteiger partial charge in [0.25, 0.3) is 0 Å². The van der Waals surface area contributed by atoms with E-state index in [4.69, 9.17) is 19.6 Å². The molecule has 0 bridgehead atoms. The predicted molar refractivity (Wildman–Crippen MR) is 76.8 cm³/mol. The first-order valence-corrected chi connectivity index (χ1v) is 7.06. The number of hydrogen-bond acceptors (Lipinski definition) is 4. The van der Waals surface area contributed by atoms with Crippen molar-refractivity contribution in [3.8, 4) is 0 Å². The third-order valence-corrected chi connectivity index (χ3v) is 3.47. The van der Waals surface area contributed by atoms with Crippen LogP contribution in [0.25, 0.3) is 0 Å². The molecule has 21 heavy (non-hydrogen) atoms. The SMILES string of the molecule is CCc1ccc(C2OOC(c3ccc(C)cc3)OO2)cc1. The zero-order valence-corrected chi connectivity index (χ0v) is 12.1. The van der Waals surface area contributed by atoms with E-state index in [0.717, 1.165) is 17.5 Å². The molecule has 0 N–H and O–H groups in total. The monoisotopic (exact) mass is 286 g/mol. The smallest absolute Gasteiger partial charge is 0.193 e. The fourth-order valence-corrected chi connectivity index (χ4v) is 2.09. The maximum atomic E-state index is 5.29. The lowest BCUT2D eigenvalue weighted by Gasteiger charge is -2.27. The Morgan fingerprint density at radius 1 is 0.714 bits per heavy atom. The Kier molecular flexibility index (Phi) is 4.31. The van der Waals surface area contributed by atoms with Gasteiger partial charge >= 0.3 is 0 Å². The molecule has 0 amide bonds. The van der Waals surface area contributed by atoms with Gasteiger partial charge in [0, 0.05) is 11.1 Å². The van der Waals surface area contributed by atoms with E-state index in [1.165, 1.54) is 11.1 Å². The van der Waals surface area contributed by atoms with E-state index in [-0.39, 0.29) is 0 Å². The minimum Gasteiger partial charge on any atom is -0.193 e. The van der Waals surface area contributed by atoms with Gasteiger partial charge in [0.05, 0.1) is 0 Å². The van der Waals surface area contributed by atoms with E-state index in [1.807, 2.05) is 55.5 Å². The standard InChI is InChI=1S/C17H18O4/c1-3-13-6-10-15(11-7-13)17-20-18-16(19-21-17)14-8-4-12(2)5-9-14/h4-11,16-17H,3H2,1-2H3. The molecule has 4 heteroatoms. The molecule has 0 unspecified atom stereocenters. The predicted octanol–water partition coefficient (Wildman–Crippen LogP) is 4.16. The summed E-state index contributed by atoms with van der Waals surface area (Å²) in [5.41, 5.74) is 4.13. The van der Waals surface area contributed by atoms with Crippen LogP contribution in [0, 0.1) is 6.92 Å². The third kappa shape index (κ3) is 3.31. The zero-order chi connectivity index (χ0) is 14.7. The zero-order valence-electron chi connectivity index (χ0n) is 12.1. The number of hydrogen-bond donors (Lipinski definition) is 0. The Morgan fingerprint density at radius 2 is 1.14 bits per heavy atom. The Balaban J connectivity index is 1.62. The molecule has 0 saturated carbocycles. The molecular weight excluding hydrogens is 268 g/mol. The van der Waals surface area contributed by atoms with Gasteiger partial charge in [-0.25, -0.2) is 0 Å². The molecule has 1 aliphatic heterocycles. The van der Waals surface area contributed by atoms with Crippen molar-refractivity contribution in [2.45, 2.75) is 32.8 Å². The van der Waals surface area contributed by atoms with Gasteiger partial charge in [-0.3, -0.25) is 0 Å². The molecule has 1 heterocycles. The average Bonchev–Trinajstić information content (AvgIpc) is 2.56. The maximum absolute atomic E-state index is 5.29. The number of rotatable bonds is 3. The minimum absolute atomic E-state index is 0.669. The Morgan fingerprint density at radius 3 is 1.57 bits per heavy atom. The van der Waals surface area contributed by atoms with Crippen molar-refractivity contribution < 1.29 is 19.6 Å². The second-order valence-electron chi connectivity index (χ2n) is 5.05. The molecule has 0 aromatic heterocycles. The van der Waals surface area contributed by atoms with Crippen molar-refractivity contribution in [3.05, 3.63) is 70.8 Å². The molecule has 110 valence electrons. The Labute approximate surface area is 124 Å². The summed E-state index contributed by atoms with van der Waals surface area (Å²) >= 11 is 0. The second-order valence-corrected chi connectivity index (χ2v) is 5.05. The van der Waals surface area contributed by atoms with E-state index >= 15 is 0 Å². The van der Waals surface area contributed by atoms with Crippen LogP contribution in [0.4, 0.5) is 0 Å². The molecule has 0 radical (unpaired) electrons. The van der Waals surface area contributed by atoms with Gasteiger partial charge in [0.2, 0.25) is 12.6 Å². The van der Waals surface area contributed by atoms with Gasteiger partial charge in [-0.15, -0.1) is 0 Å². The van der Waals surface area contributed by atoms with Gasteiger partial charge in [-0.05, 0) is 18.9 Å². The summed E-state index contributed by atoms with van der Waals surface area (Å²) in [5, 5.41) is 0. The second kappa shape index (κ2) is 6.37. The molecule has 3 rings (SSSR count). The Hall–Kier alpha value is -1.72. The van der Waals surface area contributed by atoms with Crippen molar-refractivity contribution >= 4 is 0 Å². The van der Waals surface area contributed by atoms with Crippen LogP contribution >= 0.6 is 0 Å². The minimum atomic E-state index is -0.670. The molecule has 1 fully saturated rings. The molecule has 0 spiro atoms. The van der Waals surface area contributed by atoms with E-state index in [0.29, 0.717) is 0 Å². The van der Waals surface area contributed by atoms with Gasteiger partial charge in [0.15, 0.2) is 0 Å². The van der Waals surface area contributed by atoms with E-state index in [1.54, 1.807) is 0 Å². The van der Waals surface area contributed by atoms with Crippen molar-refractivity contribution in [1.29, 1.82) is 0 Å². The van der Waals surface area contributed by atoms with Crippen molar-refractivity contribution in [3.63, 3.8) is 0 Å². The molecule has 2 aromatic rings. The van der Waals surface area contributed by atoms with Gasteiger partial charge in [-0.2, -0.15) is 19.6 Å². The van der Waals surface area contributed by atoms with E-state index in [9.17, 15) is 0 Å². The molecule has 1 saturated heterocycles. The molecular formula is C17H18O4.